The van der Waals surface area contributed by atoms with Crippen molar-refractivity contribution in [2.24, 2.45) is 0 Å². The number of nitrogen functional groups attached to an aromatic ring is 1. The molecule has 17 heavy (non-hydrogen) atoms. The number of nitrogens with zero attached hydrogens (tertiary/aromatic N) is 3. The minimum atomic E-state index is 0.468. The molecule has 0 saturated carbocycles. The van der Waals surface area contributed by atoms with Gasteiger partial charge in [0.05, 0.1) is 16.9 Å². The highest BCUT2D eigenvalue weighted by molar-refractivity contribution is 7.98. The summed E-state index contributed by atoms with van der Waals surface area (Å²) in [6.45, 7) is 0. The molecule has 0 aromatic carbocycles. The lowest BCUT2D eigenvalue weighted by Gasteiger charge is -2.02. The van der Waals surface area contributed by atoms with E-state index in [1.54, 1.807) is 24.2 Å². The molecule has 0 radical (unpaired) electrons. The molecule has 4 nitrogen and oxygen atoms in total. The van der Waals surface area contributed by atoms with Crippen molar-refractivity contribution in [3.05, 3.63) is 47.9 Å². The zero-order valence-electron chi connectivity index (χ0n) is 9.00. The molecule has 0 amide bonds. The summed E-state index contributed by atoms with van der Waals surface area (Å²) < 4.78 is 0. The number of nitrogens with two attached hydrogens (primary N) is 1. The highest BCUT2D eigenvalue weighted by Gasteiger charge is 2.03. The van der Waals surface area contributed by atoms with Gasteiger partial charge in [-0.2, -0.15) is 5.26 Å². The van der Waals surface area contributed by atoms with Gasteiger partial charge < -0.3 is 5.73 Å². The van der Waals surface area contributed by atoms with Crippen LogP contribution in [0.1, 0.15) is 11.3 Å². The molecule has 2 aromatic heterocycles. The molecule has 0 aliphatic rings. The minimum absolute atomic E-state index is 0.468. The lowest BCUT2D eigenvalue weighted by Crippen LogP contribution is -1.91. The van der Waals surface area contributed by atoms with E-state index in [-0.39, 0.29) is 0 Å². The van der Waals surface area contributed by atoms with Crippen LogP contribution in [0.3, 0.4) is 0 Å². The molecular formula is C12H10N4S. The number of hydrogen-bond acceptors (Lipinski definition) is 5. The molecule has 0 saturated heterocycles. The standard InChI is InChI=1S/C12H10N4S/c13-6-11-9(2-1-5-15-11)8-17-12-4-3-10(14)7-16-12/h1-5,7H,8,14H2. The molecule has 2 heterocycles. The van der Waals surface area contributed by atoms with Gasteiger partial charge in [-0.15, -0.1) is 11.8 Å². The second-order valence-electron chi connectivity index (χ2n) is 3.34. The Bertz CT molecular complexity index is 545. The van der Waals surface area contributed by atoms with Crippen molar-refractivity contribution in [1.82, 2.24) is 9.97 Å². The maximum atomic E-state index is 8.90. The Labute approximate surface area is 104 Å². The number of pyridine rings is 2. The maximum absolute atomic E-state index is 8.90. The first-order chi connectivity index (χ1) is 8.29. The van der Waals surface area contributed by atoms with Crippen molar-refractivity contribution in [1.29, 1.82) is 5.26 Å². The van der Waals surface area contributed by atoms with Gasteiger partial charge in [-0.3, -0.25) is 0 Å². The Balaban J connectivity index is 2.08. The summed E-state index contributed by atoms with van der Waals surface area (Å²) in [5.74, 6) is 0.674. The van der Waals surface area contributed by atoms with Crippen LogP contribution in [-0.4, -0.2) is 9.97 Å². The van der Waals surface area contributed by atoms with Crippen molar-refractivity contribution in [3.63, 3.8) is 0 Å². The average Bonchev–Trinajstić information content (AvgIpc) is 2.38. The van der Waals surface area contributed by atoms with Gasteiger partial charge in [0.25, 0.3) is 0 Å². The highest BCUT2D eigenvalue weighted by Crippen LogP contribution is 2.22. The summed E-state index contributed by atoms with van der Waals surface area (Å²) in [5, 5.41) is 9.78. The third-order valence-electron chi connectivity index (χ3n) is 2.13. The summed E-state index contributed by atoms with van der Waals surface area (Å²) >= 11 is 1.55. The molecule has 0 fully saturated rings. The second kappa shape index (κ2) is 5.32. The van der Waals surface area contributed by atoms with Gasteiger partial charge in [0.1, 0.15) is 11.8 Å². The first-order valence-corrected chi connectivity index (χ1v) is 5.96. The number of nitriles is 1. The van der Waals surface area contributed by atoms with Crippen molar-refractivity contribution >= 4 is 17.4 Å². The number of aromatic nitrogens is 2. The fraction of sp³-hybridized carbons (Fsp3) is 0.0833. The SMILES string of the molecule is N#Cc1ncccc1CSc1ccc(N)cn1. The van der Waals surface area contributed by atoms with Crippen LogP contribution in [-0.2, 0) is 5.75 Å². The quantitative estimate of drug-likeness (QED) is 0.835. The molecule has 0 spiro atoms. The lowest BCUT2D eigenvalue weighted by molar-refractivity contribution is 1.13. The number of hydrogen-bond donors (Lipinski definition) is 1. The molecule has 0 unspecified atom stereocenters. The van der Waals surface area contributed by atoms with Crippen molar-refractivity contribution in [3.8, 4) is 6.07 Å². The Morgan fingerprint density at radius 1 is 1.29 bits per heavy atom. The van der Waals surface area contributed by atoms with Gasteiger partial charge in [0, 0.05) is 11.9 Å². The Hall–Kier alpha value is -2.06. The van der Waals surface area contributed by atoms with Crippen LogP contribution in [0, 0.1) is 11.3 Å². The van der Waals surface area contributed by atoms with Gasteiger partial charge in [0.2, 0.25) is 0 Å². The van der Waals surface area contributed by atoms with Gasteiger partial charge in [-0.05, 0) is 23.8 Å². The molecule has 0 aliphatic carbocycles. The summed E-state index contributed by atoms with van der Waals surface area (Å²) in [6, 6.07) is 9.47. The molecule has 2 aromatic rings. The zero-order chi connectivity index (χ0) is 12.1. The van der Waals surface area contributed by atoms with E-state index in [1.807, 2.05) is 24.3 Å². The summed E-state index contributed by atoms with van der Waals surface area (Å²) in [5.41, 5.74) is 7.58. The van der Waals surface area contributed by atoms with E-state index < -0.39 is 0 Å². The monoisotopic (exact) mass is 242 g/mol. The van der Waals surface area contributed by atoms with Crippen LogP contribution in [0.4, 0.5) is 5.69 Å². The van der Waals surface area contributed by atoms with E-state index in [0.717, 1.165) is 10.6 Å². The van der Waals surface area contributed by atoms with E-state index in [2.05, 4.69) is 16.0 Å². The average molecular weight is 242 g/mol. The van der Waals surface area contributed by atoms with Gasteiger partial charge in [-0.1, -0.05) is 6.07 Å². The fourth-order valence-electron chi connectivity index (χ4n) is 1.28. The third-order valence-corrected chi connectivity index (χ3v) is 3.12. The van der Waals surface area contributed by atoms with Crippen molar-refractivity contribution in [2.75, 3.05) is 5.73 Å². The van der Waals surface area contributed by atoms with Crippen LogP contribution in [0.5, 0.6) is 0 Å². The van der Waals surface area contributed by atoms with Crippen molar-refractivity contribution in [2.45, 2.75) is 10.8 Å². The van der Waals surface area contributed by atoms with E-state index in [4.69, 9.17) is 11.0 Å². The Morgan fingerprint density at radius 2 is 2.18 bits per heavy atom. The Morgan fingerprint density at radius 3 is 2.88 bits per heavy atom. The van der Waals surface area contributed by atoms with Crippen LogP contribution < -0.4 is 5.73 Å². The topological polar surface area (TPSA) is 75.6 Å². The Kier molecular flexibility index (Phi) is 3.58. The molecular weight excluding hydrogens is 232 g/mol. The number of thioether (sulfide) groups is 1. The molecule has 84 valence electrons. The minimum Gasteiger partial charge on any atom is -0.397 e. The van der Waals surface area contributed by atoms with Crippen LogP contribution in [0.15, 0.2) is 41.7 Å². The molecule has 2 N–H and O–H groups in total. The van der Waals surface area contributed by atoms with E-state index in [9.17, 15) is 0 Å². The number of anilines is 1. The van der Waals surface area contributed by atoms with E-state index in [0.29, 0.717) is 17.1 Å². The predicted octanol–water partition coefficient (Wildman–Crippen LogP) is 2.22. The van der Waals surface area contributed by atoms with Crippen LogP contribution in [0.2, 0.25) is 0 Å². The molecule has 0 atom stereocenters. The molecule has 2 rings (SSSR count). The van der Waals surface area contributed by atoms with E-state index in [1.165, 1.54) is 0 Å². The first-order valence-electron chi connectivity index (χ1n) is 4.98. The van der Waals surface area contributed by atoms with E-state index >= 15 is 0 Å². The molecule has 0 bridgehead atoms. The summed E-state index contributed by atoms with van der Waals surface area (Å²) in [7, 11) is 0. The normalized spacial score (nSPS) is 9.82. The largest absolute Gasteiger partial charge is 0.397 e. The number of rotatable bonds is 3. The second-order valence-corrected chi connectivity index (χ2v) is 4.34. The van der Waals surface area contributed by atoms with Crippen LogP contribution in [0.25, 0.3) is 0 Å². The van der Waals surface area contributed by atoms with Gasteiger partial charge >= 0.3 is 0 Å². The third kappa shape index (κ3) is 2.95. The first kappa shape index (κ1) is 11.4. The zero-order valence-corrected chi connectivity index (χ0v) is 9.81. The molecule has 0 aliphatic heterocycles. The summed E-state index contributed by atoms with van der Waals surface area (Å²) in [4.78, 5) is 8.19. The smallest absolute Gasteiger partial charge is 0.144 e. The highest BCUT2D eigenvalue weighted by atomic mass is 32.2. The maximum Gasteiger partial charge on any atom is 0.144 e. The van der Waals surface area contributed by atoms with Gasteiger partial charge in [0.15, 0.2) is 0 Å². The fourth-order valence-corrected chi connectivity index (χ4v) is 2.11. The predicted molar refractivity (Wildman–Crippen MR) is 67.2 cm³/mol. The van der Waals surface area contributed by atoms with Crippen LogP contribution >= 0.6 is 11.8 Å². The van der Waals surface area contributed by atoms with Gasteiger partial charge in [-0.25, -0.2) is 9.97 Å². The summed E-state index contributed by atoms with van der Waals surface area (Å²) in [6.07, 6.45) is 3.24. The molecule has 5 heteroatoms. The van der Waals surface area contributed by atoms with Crippen molar-refractivity contribution < 1.29 is 0 Å². The lowest BCUT2D eigenvalue weighted by atomic mass is 10.2.